The molecule has 0 aliphatic carbocycles. The van der Waals surface area contributed by atoms with E-state index in [2.05, 4.69) is 30.6 Å². The predicted octanol–water partition coefficient (Wildman–Crippen LogP) is 2.82. The van der Waals surface area contributed by atoms with Crippen molar-refractivity contribution < 1.29 is 17.9 Å². The van der Waals surface area contributed by atoms with E-state index in [1.54, 1.807) is 0 Å². The van der Waals surface area contributed by atoms with Gasteiger partial charge in [0.25, 0.3) is 0 Å². The van der Waals surface area contributed by atoms with Crippen molar-refractivity contribution in [3.63, 3.8) is 0 Å². The molecule has 0 unspecified atom stereocenters. The van der Waals surface area contributed by atoms with E-state index in [1.807, 2.05) is 17.8 Å². The molecule has 2 aliphatic rings. The lowest BCUT2D eigenvalue weighted by Crippen LogP contribution is -2.51. The Morgan fingerprint density at radius 3 is 2.48 bits per heavy atom. The Morgan fingerprint density at radius 1 is 1.17 bits per heavy atom. The first kappa shape index (κ1) is 19.9. The number of nitrogens with one attached hydrogen (secondary N) is 2. The second-order valence-electron chi connectivity index (χ2n) is 7.40. The third-order valence-electron chi connectivity index (χ3n) is 5.50. The van der Waals surface area contributed by atoms with Gasteiger partial charge in [-0.1, -0.05) is 0 Å². The molecule has 0 saturated carbocycles. The number of rotatable bonds is 5. The highest BCUT2D eigenvalue weighted by atomic mass is 19.4. The molecule has 8 nitrogen and oxygen atoms in total. The summed E-state index contributed by atoms with van der Waals surface area (Å²) in [5.74, 6) is -0.183. The number of hydrogen-bond acceptors (Lipinski definition) is 7. The summed E-state index contributed by atoms with van der Waals surface area (Å²) in [7, 11) is 1.40. The minimum atomic E-state index is -4.52. The van der Waals surface area contributed by atoms with Crippen molar-refractivity contribution in [3.8, 4) is 0 Å². The maximum Gasteiger partial charge on any atom is 0.421 e. The molecule has 158 valence electrons. The maximum absolute atomic E-state index is 13.0. The van der Waals surface area contributed by atoms with Gasteiger partial charge in [-0.25, -0.2) is 4.98 Å². The van der Waals surface area contributed by atoms with Crippen LogP contribution in [0.5, 0.6) is 0 Å². The number of piperidine rings is 1. The van der Waals surface area contributed by atoms with E-state index in [0.717, 1.165) is 51.0 Å². The zero-order valence-electron chi connectivity index (χ0n) is 16.3. The van der Waals surface area contributed by atoms with Crippen LogP contribution in [0.1, 0.15) is 30.1 Å². The molecule has 4 heterocycles. The van der Waals surface area contributed by atoms with Gasteiger partial charge in [-0.15, -0.1) is 0 Å². The number of aromatic nitrogens is 4. The number of ether oxygens (including phenoxy) is 1. The number of likely N-dealkylation sites (tertiary alicyclic amines) is 1. The Balaban J connectivity index is 1.45. The summed E-state index contributed by atoms with van der Waals surface area (Å²) in [6.07, 6.45) is 0.136. The number of alkyl halides is 3. The monoisotopic (exact) mass is 411 g/mol. The highest BCUT2D eigenvalue weighted by molar-refractivity contribution is 5.57. The summed E-state index contributed by atoms with van der Waals surface area (Å²) in [5, 5.41) is 10.1. The first-order chi connectivity index (χ1) is 13.8. The fraction of sp³-hybridized carbons (Fsp3) is 0.611. The van der Waals surface area contributed by atoms with Crippen LogP contribution in [0.4, 0.5) is 30.6 Å². The van der Waals surface area contributed by atoms with Crippen molar-refractivity contribution in [2.24, 2.45) is 0 Å². The van der Waals surface area contributed by atoms with E-state index in [4.69, 9.17) is 4.74 Å². The van der Waals surface area contributed by atoms with Gasteiger partial charge in [0, 0.05) is 32.5 Å². The van der Waals surface area contributed by atoms with Crippen molar-refractivity contribution >= 4 is 17.5 Å². The molecule has 11 heteroatoms. The van der Waals surface area contributed by atoms with Crippen LogP contribution in [0.15, 0.2) is 12.4 Å². The topological polar surface area (TPSA) is 80.1 Å². The zero-order valence-corrected chi connectivity index (χ0v) is 16.3. The SMILES string of the molecule is CNc1nc(Nc2cn(C3CCN(C4COC4)CC3)nc2C)ncc1C(F)(F)F. The molecule has 2 aliphatic heterocycles. The molecule has 2 fully saturated rings. The van der Waals surface area contributed by atoms with Crippen LogP contribution in [0.3, 0.4) is 0 Å². The lowest BCUT2D eigenvalue weighted by Gasteiger charge is -2.41. The first-order valence-electron chi connectivity index (χ1n) is 9.61. The molecule has 29 heavy (non-hydrogen) atoms. The average Bonchev–Trinajstić information content (AvgIpc) is 3.00. The Morgan fingerprint density at radius 2 is 1.90 bits per heavy atom. The largest absolute Gasteiger partial charge is 0.421 e. The van der Waals surface area contributed by atoms with Crippen LogP contribution < -0.4 is 10.6 Å². The van der Waals surface area contributed by atoms with Gasteiger partial charge in [0.15, 0.2) is 0 Å². The van der Waals surface area contributed by atoms with Crippen LogP contribution in [-0.2, 0) is 10.9 Å². The van der Waals surface area contributed by atoms with Crippen LogP contribution in [0, 0.1) is 6.92 Å². The number of hydrogen-bond donors (Lipinski definition) is 2. The summed E-state index contributed by atoms with van der Waals surface area (Å²) in [6.45, 7) is 5.51. The Hall–Kier alpha value is -2.40. The van der Waals surface area contributed by atoms with Crippen LogP contribution in [-0.4, -0.2) is 64.0 Å². The first-order valence-corrected chi connectivity index (χ1v) is 9.61. The summed E-state index contributed by atoms with van der Waals surface area (Å²) >= 11 is 0. The Kier molecular flexibility index (Phi) is 5.34. The van der Waals surface area contributed by atoms with Crippen molar-refractivity contribution in [3.05, 3.63) is 23.7 Å². The van der Waals surface area contributed by atoms with Gasteiger partial charge in [-0.2, -0.15) is 23.3 Å². The average molecular weight is 411 g/mol. The van der Waals surface area contributed by atoms with E-state index in [0.29, 0.717) is 17.8 Å². The van der Waals surface area contributed by atoms with Crippen molar-refractivity contribution in [1.82, 2.24) is 24.6 Å². The molecule has 2 N–H and O–H groups in total. The minimum Gasteiger partial charge on any atom is -0.378 e. The van der Waals surface area contributed by atoms with Gasteiger partial charge in [-0.3, -0.25) is 9.58 Å². The molecule has 0 amide bonds. The lowest BCUT2D eigenvalue weighted by molar-refractivity contribution is -0.137. The van der Waals surface area contributed by atoms with Crippen LogP contribution in [0.25, 0.3) is 0 Å². The molecule has 0 bridgehead atoms. The van der Waals surface area contributed by atoms with Gasteiger partial charge < -0.3 is 15.4 Å². The molecule has 2 saturated heterocycles. The van der Waals surface area contributed by atoms with Gasteiger partial charge in [0.1, 0.15) is 11.4 Å². The highest BCUT2D eigenvalue weighted by Crippen LogP contribution is 2.34. The molecule has 0 atom stereocenters. The number of nitrogens with zero attached hydrogens (tertiary/aromatic N) is 5. The Labute approximate surface area is 166 Å². The van der Waals surface area contributed by atoms with Crippen molar-refractivity contribution in [1.29, 1.82) is 0 Å². The minimum absolute atomic E-state index is 0.0878. The van der Waals surface area contributed by atoms with Gasteiger partial charge in [0.05, 0.1) is 36.7 Å². The molecule has 0 spiro atoms. The Bertz CT molecular complexity index is 858. The standard InChI is InChI=1S/C18H24F3N7O/c1-11-15(24-17-23-7-14(18(19,20)21)16(22-2)25-17)8-28(26-11)12-3-5-27(6-4-12)13-9-29-10-13/h7-8,12-13H,3-6,9-10H2,1-2H3,(H2,22,23,24,25). The molecular formula is C18H24F3N7O. The highest BCUT2D eigenvalue weighted by Gasteiger charge is 2.35. The quantitative estimate of drug-likeness (QED) is 0.783. The van der Waals surface area contributed by atoms with E-state index < -0.39 is 11.7 Å². The van der Waals surface area contributed by atoms with Crippen molar-refractivity contribution in [2.75, 3.05) is 44.0 Å². The van der Waals surface area contributed by atoms with Crippen molar-refractivity contribution in [2.45, 2.75) is 38.0 Å². The molecule has 2 aromatic heterocycles. The van der Waals surface area contributed by atoms with Crippen LogP contribution >= 0.6 is 0 Å². The summed E-state index contributed by atoms with van der Waals surface area (Å²) in [5.41, 5.74) is 0.526. The van der Waals surface area contributed by atoms with E-state index in [-0.39, 0.29) is 11.8 Å². The third-order valence-corrected chi connectivity index (χ3v) is 5.50. The fourth-order valence-corrected chi connectivity index (χ4v) is 3.70. The van der Waals surface area contributed by atoms with Gasteiger partial charge >= 0.3 is 6.18 Å². The number of halogens is 3. The molecule has 2 aromatic rings. The smallest absolute Gasteiger partial charge is 0.378 e. The molecule has 4 rings (SSSR count). The van der Waals surface area contributed by atoms with E-state index in [9.17, 15) is 13.2 Å². The second kappa shape index (κ2) is 7.79. The molecule has 0 radical (unpaired) electrons. The van der Waals surface area contributed by atoms with E-state index >= 15 is 0 Å². The third kappa shape index (κ3) is 4.15. The normalized spacial score (nSPS) is 19.2. The summed E-state index contributed by atoms with van der Waals surface area (Å²) in [4.78, 5) is 10.2. The second-order valence-corrected chi connectivity index (χ2v) is 7.40. The van der Waals surface area contributed by atoms with Gasteiger partial charge in [0.2, 0.25) is 5.95 Å². The predicted molar refractivity (Wildman–Crippen MR) is 101 cm³/mol. The molecular weight excluding hydrogens is 387 g/mol. The zero-order chi connectivity index (χ0) is 20.6. The summed E-state index contributed by atoms with van der Waals surface area (Å²) in [6, 6.07) is 0.841. The van der Waals surface area contributed by atoms with Gasteiger partial charge in [-0.05, 0) is 19.8 Å². The maximum atomic E-state index is 13.0. The van der Waals surface area contributed by atoms with E-state index in [1.165, 1.54) is 7.05 Å². The molecule has 0 aromatic carbocycles. The number of aryl methyl sites for hydroxylation is 1. The number of anilines is 3. The summed E-state index contributed by atoms with van der Waals surface area (Å²) < 4.78 is 46.2. The lowest BCUT2D eigenvalue weighted by atomic mass is 10.0. The van der Waals surface area contributed by atoms with Crippen LogP contribution in [0.2, 0.25) is 0 Å². The fourth-order valence-electron chi connectivity index (χ4n) is 3.70.